The van der Waals surface area contributed by atoms with Crippen molar-refractivity contribution in [2.75, 3.05) is 0 Å². The Kier molecular flexibility index (Phi) is 3.22. The van der Waals surface area contributed by atoms with E-state index in [1.807, 2.05) is 32.2 Å². The molecule has 0 aliphatic rings. The van der Waals surface area contributed by atoms with Crippen molar-refractivity contribution in [3.8, 4) is 0 Å². The molecule has 4 nitrogen and oxygen atoms in total. The number of aliphatic hydroxyl groups is 1. The van der Waals surface area contributed by atoms with Gasteiger partial charge in [0.1, 0.15) is 12.2 Å². The third-order valence-electron chi connectivity index (χ3n) is 3.44. The summed E-state index contributed by atoms with van der Waals surface area (Å²) in [4.78, 5) is 4.16. The second-order valence-electron chi connectivity index (χ2n) is 5.05. The second kappa shape index (κ2) is 4.53. The smallest absolute Gasteiger partial charge is 0.138 e. The summed E-state index contributed by atoms with van der Waals surface area (Å²) in [5.41, 5.74) is 2.40. The van der Waals surface area contributed by atoms with E-state index >= 15 is 0 Å². The monoisotopic (exact) mass is 245 g/mol. The predicted molar refractivity (Wildman–Crippen MR) is 70.2 cm³/mol. The topological polar surface area (TPSA) is 50.9 Å². The first-order valence-electron chi connectivity index (χ1n) is 6.03. The normalized spacial score (nSPS) is 14.5. The molecular weight excluding hydrogens is 226 g/mol. The van der Waals surface area contributed by atoms with Crippen molar-refractivity contribution >= 4 is 0 Å². The molecule has 4 heteroatoms. The lowest BCUT2D eigenvalue weighted by molar-refractivity contribution is 0.0544. The fraction of sp³-hybridized carbons (Fsp3) is 0.429. The van der Waals surface area contributed by atoms with E-state index in [1.54, 1.807) is 4.68 Å². The van der Waals surface area contributed by atoms with Crippen LogP contribution >= 0.6 is 0 Å². The zero-order valence-electron chi connectivity index (χ0n) is 11.3. The molecule has 2 rings (SSSR count). The van der Waals surface area contributed by atoms with E-state index in [2.05, 4.69) is 23.9 Å². The van der Waals surface area contributed by atoms with Gasteiger partial charge < -0.3 is 5.11 Å². The Bertz CT molecular complexity index is 558. The summed E-state index contributed by atoms with van der Waals surface area (Å²) in [6, 6.07) is 6.04. The van der Waals surface area contributed by atoms with Crippen LogP contribution in [0.4, 0.5) is 0 Å². The lowest BCUT2D eigenvalue weighted by Gasteiger charge is -2.24. The number of hydrogen-bond donors (Lipinski definition) is 1. The molecule has 96 valence electrons. The first-order valence-corrected chi connectivity index (χ1v) is 6.03. The van der Waals surface area contributed by atoms with Crippen molar-refractivity contribution < 1.29 is 5.11 Å². The van der Waals surface area contributed by atoms with E-state index in [-0.39, 0.29) is 0 Å². The molecule has 18 heavy (non-hydrogen) atoms. The zero-order chi connectivity index (χ0) is 13.3. The molecule has 0 bridgehead atoms. The molecule has 0 radical (unpaired) electrons. The fourth-order valence-electron chi connectivity index (χ4n) is 1.97. The van der Waals surface area contributed by atoms with E-state index in [0.29, 0.717) is 6.42 Å². The highest BCUT2D eigenvalue weighted by atomic mass is 16.3. The molecule has 0 spiro atoms. The van der Waals surface area contributed by atoms with Gasteiger partial charge in [-0.15, -0.1) is 0 Å². The van der Waals surface area contributed by atoms with E-state index in [9.17, 15) is 5.11 Å². The molecule has 0 saturated heterocycles. The van der Waals surface area contributed by atoms with Crippen molar-refractivity contribution in [2.24, 2.45) is 7.05 Å². The van der Waals surface area contributed by atoms with Gasteiger partial charge in [-0.2, -0.15) is 5.10 Å². The third kappa shape index (κ3) is 2.43. The number of rotatable bonds is 3. The van der Waals surface area contributed by atoms with Crippen LogP contribution in [0.15, 0.2) is 24.5 Å². The molecular formula is C14H19N3O. The van der Waals surface area contributed by atoms with Gasteiger partial charge in [-0.25, -0.2) is 4.98 Å². The van der Waals surface area contributed by atoms with Gasteiger partial charge in [0.2, 0.25) is 0 Å². The minimum absolute atomic E-state index is 0.450. The van der Waals surface area contributed by atoms with Crippen molar-refractivity contribution in [3.63, 3.8) is 0 Å². The molecule has 0 aliphatic heterocycles. The van der Waals surface area contributed by atoms with Gasteiger partial charge in [0, 0.05) is 13.5 Å². The fourth-order valence-corrected chi connectivity index (χ4v) is 1.97. The van der Waals surface area contributed by atoms with Crippen LogP contribution in [-0.2, 0) is 19.1 Å². The Hall–Kier alpha value is -1.68. The summed E-state index contributed by atoms with van der Waals surface area (Å²) in [6.07, 6.45) is 1.96. The van der Waals surface area contributed by atoms with Gasteiger partial charge in [0.15, 0.2) is 0 Å². The maximum atomic E-state index is 10.6. The van der Waals surface area contributed by atoms with Crippen molar-refractivity contribution in [2.45, 2.75) is 32.8 Å². The molecule has 0 aliphatic carbocycles. The molecule has 1 atom stereocenters. The standard InChI is InChI=1S/C14H19N3O/c1-10-5-6-12(7-11(10)2)14(3,18)8-13-15-9-16-17(13)4/h5-7,9,18H,8H2,1-4H3. The molecule has 1 aromatic carbocycles. The predicted octanol–water partition coefficient (Wildman–Crippen LogP) is 1.88. The SMILES string of the molecule is Cc1ccc(C(C)(O)Cc2ncnn2C)cc1C. The molecule has 1 heterocycles. The zero-order valence-corrected chi connectivity index (χ0v) is 11.3. The molecule has 1 N–H and O–H groups in total. The number of hydrogen-bond acceptors (Lipinski definition) is 3. The maximum absolute atomic E-state index is 10.6. The van der Waals surface area contributed by atoms with E-state index in [4.69, 9.17) is 0 Å². The maximum Gasteiger partial charge on any atom is 0.138 e. The van der Waals surface area contributed by atoms with E-state index < -0.39 is 5.60 Å². The van der Waals surface area contributed by atoms with Gasteiger partial charge in [-0.1, -0.05) is 18.2 Å². The number of aryl methyl sites for hydroxylation is 3. The average Bonchev–Trinajstić information content (AvgIpc) is 2.67. The van der Waals surface area contributed by atoms with E-state index in [1.165, 1.54) is 17.5 Å². The number of benzene rings is 1. The highest BCUT2D eigenvalue weighted by Crippen LogP contribution is 2.26. The van der Waals surface area contributed by atoms with Crippen LogP contribution in [0.25, 0.3) is 0 Å². The highest BCUT2D eigenvalue weighted by Gasteiger charge is 2.26. The Balaban J connectivity index is 2.30. The Morgan fingerprint density at radius 2 is 2.00 bits per heavy atom. The number of aromatic nitrogens is 3. The summed E-state index contributed by atoms with van der Waals surface area (Å²) < 4.78 is 1.69. The lowest BCUT2D eigenvalue weighted by atomic mass is 9.90. The molecule has 1 unspecified atom stereocenters. The summed E-state index contributed by atoms with van der Waals surface area (Å²) in [7, 11) is 1.83. The van der Waals surface area contributed by atoms with Gasteiger partial charge >= 0.3 is 0 Å². The van der Waals surface area contributed by atoms with Crippen molar-refractivity contribution in [1.82, 2.24) is 14.8 Å². The van der Waals surface area contributed by atoms with Gasteiger partial charge in [0.05, 0.1) is 5.60 Å². The van der Waals surface area contributed by atoms with Crippen LogP contribution in [0.3, 0.4) is 0 Å². The summed E-state index contributed by atoms with van der Waals surface area (Å²) in [6.45, 7) is 5.93. The van der Waals surface area contributed by atoms with Crippen LogP contribution in [0, 0.1) is 13.8 Å². The highest BCUT2D eigenvalue weighted by molar-refractivity contribution is 5.33. The van der Waals surface area contributed by atoms with Gasteiger partial charge in [-0.05, 0) is 37.5 Å². The Labute approximate surface area is 107 Å². The first-order chi connectivity index (χ1) is 8.40. The molecule has 0 saturated carbocycles. The van der Waals surface area contributed by atoms with Gasteiger partial charge in [-0.3, -0.25) is 4.68 Å². The average molecular weight is 245 g/mol. The van der Waals surface area contributed by atoms with E-state index in [0.717, 1.165) is 11.4 Å². The summed E-state index contributed by atoms with van der Waals surface area (Å²) in [5.74, 6) is 0.776. The third-order valence-corrected chi connectivity index (χ3v) is 3.44. The second-order valence-corrected chi connectivity index (χ2v) is 5.05. The minimum Gasteiger partial charge on any atom is -0.385 e. The minimum atomic E-state index is -0.931. The number of nitrogens with zero attached hydrogens (tertiary/aromatic N) is 3. The Morgan fingerprint density at radius 1 is 1.28 bits per heavy atom. The van der Waals surface area contributed by atoms with Crippen molar-refractivity contribution in [1.29, 1.82) is 0 Å². The lowest BCUT2D eigenvalue weighted by Crippen LogP contribution is -2.26. The summed E-state index contributed by atoms with van der Waals surface area (Å²) in [5, 5.41) is 14.6. The molecule has 2 aromatic rings. The van der Waals surface area contributed by atoms with Crippen LogP contribution in [-0.4, -0.2) is 19.9 Å². The molecule has 1 aromatic heterocycles. The van der Waals surface area contributed by atoms with Crippen LogP contribution in [0.2, 0.25) is 0 Å². The largest absolute Gasteiger partial charge is 0.385 e. The Morgan fingerprint density at radius 3 is 2.56 bits per heavy atom. The quantitative estimate of drug-likeness (QED) is 0.898. The first kappa shape index (κ1) is 12.8. The summed E-state index contributed by atoms with van der Waals surface area (Å²) >= 11 is 0. The van der Waals surface area contributed by atoms with Crippen LogP contribution in [0.5, 0.6) is 0 Å². The molecule has 0 amide bonds. The van der Waals surface area contributed by atoms with Gasteiger partial charge in [0.25, 0.3) is 0 Å². The van der Waals surface area contributed by atoms with Crippen LogP contribution in [0.1, 0.15) is 29.4 Å². The molecule has 0 fully saturated rings. The van der Waals surface area contributed by atoms with Crippen LogP contribution < -0.4 is 0 Å². The van der Waals surface area contributed by atoms with Crippen molar-refractivity contribution in [3.05, 3.63) is 47.0 Å².